The fourth-order valence-electron chi connectivity index (χ4n) is 1.72. The second kappa shape index (κ2) is 3.93. The minimum absolute atomic E-state index is 0.164. The predicted molar refractivity (Wildman–Crippen MR) is 52.6 cm³/mol. The quantitative estimate of drug-likeness (QED) is 0.682. The van der Waals surface area contributed by atoms with Crippen molar-refractivity contribution in [2.75, 3.05) is 0 Å². The van der Waals surface area contributed by atoms with Crippen LogP contribution in [0, 0.1) is 11.6 Å². The second-order valence-electron chi connectivity index (χ2n) is 3.57. The molecule has 0 N–H and O–H groups in total. The van der Waals surface area contributed by atoms with Gasteiger partial charge >= 0.3 is 0 Å². The molecule has 0 saturated carbocycles. The summed E-state index contributed by atoms with van der Waals surface area (Å²) in [5.41, 5.74) is 0.433. The van der Waals surface area contributed by atoms with E-state index < -0.39 is 11.6 Å². The lowest BCUT2D eigenvalue weighted by Crippen LogP contribution is -2.05. The molecule has 0 unspecified atom stereocenters. The summed E-state index contributed by atoms with van der Waals surface area (Å²) in [6.07, 6.45) is 4.22. The summed E-state index contributed by atoms with van der Waals surface area (Å²) in [4.78, 5) is 11.7. The Morgan fingerprint density at radius 2 is 2.07 bits per heavy atom. The van der Waals surface area contributed by atoms with Gasteiger partial charge in [-0.05, 0) is 43.0 Å². The Balaban J connectivity index is 2.36. The van der Waals surface area contributed by atoms with Crippen LogP contribution in [0.25, 0.3) is 0 Å². The molecule has 15 heavy (non-hydrogen) atoms. The van der Waals surface area contributed by atoms with Crippen molar-refractivity contribution < 1.29 is 13.6 Å². The number of allylic oxidation sites excluding steroid dienone is 2. The van der Waals surface area contributed by atoms with Crippen LogP contribution in [0.15, 0.2) is 29.8 Å². The molecule has 0 saturated heterocycles. The van der Waals surface area contributed by atoms with Crippen molar-refractivity contribution in [3.8, 4) is 0 Å². The van der Waals surface area contributed by atoms with Crippen molar-refractivity contribution in [1.82, 2.24) is 0 Å². The van der Waals surface area contributed by atoms with Gasteiger partial charge in [0.15, 0.2) is 5.78 Å². The van der Waals surface area contributed by atoms with E-state index in [9.17, 15) is 13.6 Å². The summed E-state index contributed by atoms with van der Waals surface area (Å²) in [6, 6.07) is 2.95. The summed E-state index contributed by atoms with van der Waals surface area (Å²) >= 11 is 0. The lowest BCUT2D eigenvalue weighted by Gasteiger charge is -2.03. The highest BCUT2D eigenvalue weighted by Gasteiger charge is 2.18. The smallest absolute Gasteiger partial charge is 0.191 e. The van der Waals surface area contributed by atoms with Gasteiger partial charge < -0.3 is 0 Å². The average Bonchev–Trinajstić information content (AvgIpc) is 2.74. The normalized spacial score (nSPS) is 15.2. The Labute approximate surface area is 86.4 Å². The van der Waals surface area contributed by atoms with Crippen molar-refractivity contribution in [1.29, 1.82) is 0 Å². The zero-order chi connectivity index (χ0) is 10.8. The third-order valence-electron chi connectivity index (χ3n) is 2.51. The fourth-order valence-corrected chi connectivity index (χ4v) is 1.72. The molecule has 0 spiro atoms. The third-order valence-corrected chi connectivity index (χ3v) is 2.51. The van der Waals surface area contributed by atoms with E-state index in [-0.39, 0.29) is 11.3 Å². The van der Waals surface area contributed by atoms with Crippen LogP contribution in [0.1, 0.15) is 29.6 Å². The van der Waals surface area contributed by atoms with Crippen LogP contribution >= 0.6 is 0 Å². The molecule has 78 valence electrons. The van der Waals surface area contributed by atoms with E-state index in [1.54, 1.807) is 6.08 Å². The van der Waals surface area contributed by atoms with Crippen molar-refractivity contribution >= 4 is 5.78 Å². The van der Waals surface area contributed by atoms with E-state index in [4.69, 9.17) is 0 Å². The lowest BCUT2D eigenvalue weighted by atomic mass is 10.0. The van der Waals surface area contributed by atoms with Gasteiger partial charge in [0.1, 0.15) is 11.6 Å². The minimum atomic E-state index is -0.658. The SMILES string of the molecule is O=C(C1=CCCC1)c1cc(F)ccc1F. The molecule has 1 aliphatic rings. The van der Waals surface area contributed by atoms with Gasteiger partial charge in [0.05, 0.1) is 5.56 Å². The van der Waals surface area contributed by atoms with Crippen molar-refractivity contribution in [3.05, 3.63) is 47.0 Å². The van der Waals surface area contributed by atoms with Gasteiger partial charge in [0.25, 0.3) is 0 Å². The molecule has 0 fully saturated rings. The van der Waals surface area contributed by atoms with Crippen LogP contribution in [0.4, 0.5) is 8.78 Å². The van der Waals surface area contributed by atoms with Crippen molar-refractivity contribution in [3.63, 3.8) is 0 Å². The first-order valence-corrected chi connectivity index (χ1v) is 4.87. The van der Waals surface area contributed by atoms with Gasteiger partial charge in [-0.3, -0.25) is 4.79 Å². The summed E-state index contributed by atoms with van der Waals surface area (Å²) < 4.78 is 26.1. The van der Waals surface area contributed by atoms with Gasteiger partial charge in [-0.2, -0.15) is 0 Å². The largest absolute Gasteiger partial charge is 0.289 e. The van der Waals surface area contributed by atoms with Crippen LogP contribution in [-0.2, 0) is 0 Å². The first-order valence-electron chi connectivity index (χ1n) is 4.87. The predicted octanol–water partition coefficient (Wildman–Crippen LogP) is 3.26. The topological polar surface area (TPSA) is 17.1 Å². The van der Waals surface area contributed by atoms with Gasteiger partial charge in [-0.1, -0.05) is 6.08 Å². The third kappa shape index (κ3) is 1.96. The van der Waals surface area contributed by atoms with E-state index in [0.717, 1.165) is 31.0 Å². The van der Waals surface area contributed by atoms with Crippen molar-refractivity contribution in [2.45, 2.75) is 19.3 Å². The van der Waals surface area contributed by atoms with Crippen LogP contribution in [-0.4, -0.2) is 5.78 Å². The number of carbonyl (C=O) groups is 1. The maximum atomic E-state index is 13.3. The summed E-state index contributed by atoms with van der Waals surface area (Å²) in [7, 11) is 0. The maximum Gasteiger partial charge on any atom is 0.191 e. The number of ketones is 1. The van der Waals surface area contributed by atoms with Gasteiger partial charge in [-0.15, -0.1) is 0 Å². The average molecular weight is 208 g/mol. The molecule has 0 aromatic heterocycles. The molecule has 1 aromatic rings. The summed E-state index contributed by atoms with van der Waals surface area (Å²) in [6.45, 7) is 0. The van der Waals surface area contributed by atoms with E-state index in [2.05, 4.69) is 0 Å². The standard InChI is InChI=1S/C12H10F2O/c13-9-5-6-11(14)10(7-9)12(15)8-3-1-2-4-8/h3,5-7H,1-2,4H2. The lowest BCUT2D eigenvalue weighted by molar-refractivity contribution is 0.102. The monoisotopic (exact) mass is 208 g/mol. The van der Waals surface area contributed by atoms with Crippen LogP contribution < -0.4 is 0 Å². The molecule has 3 heteroatoms. The highest BCUT2D eigenvalue weighted by atomic mass is 19.1. The molecule has 0 aliphatic heterocycles. The molecule has 0 atom stereocenters. The summed E-state index contributed by atoms with van der Waals surface area (Å²) in [5, 5.41) is 0. The molecule has 0 radical (unpaired) electrons. The Morgan fingerprint density at radius 3 is 2.73 bits per heavy atom. The molecule has 0 heterocycles. The Morgan fingerprint density at radius 1 is 1.27 bits per heavy atom. The number of hydrogen-bond donors (Lipinski definition) is 0. The molecule has 1 aromatic carbocycles. The first kappa shape index (κ1) is 10.0. The Kier molecular flexibility index (Phi) is 2.62. The van der Waals surface area contributed by atoms with E-state index in [0.29, 0.717) is 12.0 Å². The molecular formula is C12H10F2O. The number of halogens is 2. The van der Waals surface area contributed by atoms with Crippen molar-refractivity contribution in [2.24, 2.45) is 0 Å². The van der Waals surface area contributed by atoms with Gasteiger partial charge in [-0.25, -0.2) is 8.78 Å². The number of rotatable bonds is 2. The number of benzene rings is 1. The van der Waals surface area contributed by atoms with Crippen LogP contribution in [0.5, 0.6) is 0 Å². The Hall–Kier alpha value is -1.51. The molecule has 0 amide bonds. The highest BCUT2D eigenvalue weighted by Crippen LogP contribution is 2.23. The zero-order valence-corrected chi connectivity index (χ0v) is 8.09. The molecule has 2 rings (SSSR count). The number of Topliss-reactive ketones (excluding diaryl/α,β-unsaturated/α-hetero) is 1. The van der Waals surface area contributed by atoms with E-state index in [1.807, 2.05) is 0 Å². The van der Waals surface area contributed by atoms with E-state index >= 15 is 0 Å². The second-order valence-corrected chi connectivity index (χ2v) is 3.57. The maximum absolute atomic E-state index is 13.3. The van der Waals surface area contributed by atoms with Crippen LogP contribution in [0.2, 0.25) is 0 Å². The highest BCUT2D eigenvalue weighted by molar-refractivity contribution is 6.09. The first-order chi connectivity index (χ1) is 7.18. The minimum Gasteiger partial charge on any atom is -0.289 e. The molecular weight excluding hydrogens is 198 g/mol. The zero-order valence-electron chi connectivity index (χ0n) is 8.09. The number of hydrogen-bond acceptors (Lipinski definition) is 1. The Bertz CT molecular complexity index is 435. The number of carbonyl (C=O) groups excluding carboxylic acids is 1. The van der Waals surface area contributed by atoms with E-state index in [1.165, 1.54) is 0 Å². The van der Waals surface area contributed by atoms with Gasteiger partial charge in [0, 0.05) is 0 Å². The molecule has 1 aliphatic carbocycles. The molecule has 0 bridgehead atoms. The molecule has 1 nitrogen and oxygen atoms in total. The summed E-state index contributed by atoms with van der Waals surface area (Å²) in [5.74, 6) is -1.63. The van der Waals surface area contributed by atoms with Crippen LogP contribution in [0.3, 0.4) is 0 Å². The fraction of sp³-hybridized carbons (Fsp3) is 0.250. The van der Waals surface area contributed by atoms with Gasteiger partial charge in [0.2, 0.25) is 0 Å².